The second-order valence-corrected chi connectivity index (χ2v) is 5.16. The Labute approximate surface area is 125 Å². The van der Waals surface area contributed by atoms with Crippen molar-refractivity contribution >= 4 is 32.8 Å². The van der Waals surface area contributed by atoms with E-state index in [9.17, 15) is 4.79 Å². The third-order valence-corrected chi connectivity index (χ3v) is 3.67. The van der Waals surface area contributed by atoms with Crippen LogP contribution in [0.25, 0.3) is 10.9 Å². The zero-order valence-electron chi connectivity index (χ0n) is 11.6. The second-order valence-electron chi connectivity index (χ2n) is 4.36. The molecule has 0 aliphatic rings. The SMILES string of the molecule is CCOC(=O)C(Br)=C(C)Oc1cccc2[nH]c(C)cc12. The van der Waals surface area contributed by atoms with Crippen LogP contribution in [0.1, 0.15) is 19.5 Å². The first-order valence-electron chi connectivity index (χ1n) is 6.32. The number of aryl methyl sites for hydroxylation is 1. The minimum absolute atomic E-state index is 0.295. The van der Waals surface area contributed by atoms with Gasteiger partial charge in [0.25, 0.3) is 0 Å². The van der Waals surface area contributed by atoms with Gasteiger partial charge in [-0.3, -0.25) is 0 Å². The number of esters is 1. The first-order valence-corrected chi connectivity index (χ1v) is 7.12. The Morgan fingerprint density at radius 3 is 2.85 bits per heavy atom. The molecule has 0 radical (unpaired) electrons. The number of halogens is 1. The van der Waals surface area contributed by atoms with Crippen LogP contribution in [-0.2, 0) is 9.53 Å². The zero-order chi connectivity index (χ0) is 14.7. The summed E-state index contributed by atoms with van der Waals surface area (Å²) in [5.41, 5.74) is 2.06. The quantitative estimate of drug-likeness (QED) is 0.520. The van der Waals surface area contributed by atoms with Gasteiger partial charge in [0, 0.05) is 16.6 Å². The first-order chi connectivity index (χ1) is 9.52. The van der Waals surface area contributed by atoms with Crippen molar-refractivity contribution in [2.24, 2.45) is 0 Å². The van der Waals surface area contributed by atoms with Crippen molar-refractivity contribution in [2.45, 2.75) is 20.8 Å². The van der Waals surface area contributed by atoms with E-state index in [2.05, 4.69) is 20.9 Å². The highest BCUT2D eigenvalue weighted by Crippen LogP contribution is 2.29. The van der Waals surface area contributed by atoms with E-state index in [-0.39, 0.29) is 0 Å². The van der Waals surface area contributed by atoms with E-state index in [1.165, 1.54) is 0 Å². The van der Waals surface area contributed by atoms with Crippen LogP contribution in [0.4, 0.5) is 0 Å². The van der Waals surface area contributed by atoms with Crippen molar-refractivity contribution in [3.63, 3.8) is 0 Å². The normalized spacial score (nSPS) is 12.2. The molecule has 1 heterocycles. The molecule has 1 N–H and O–H groups in total. The number of hydrogen-bond donors (Lipinski definition) is 1. The number of fused-ring (bicyclic) bond motifs is 1. The van der Waals surface area contributed by atoms with Gasteiger partial charge in [-0.1, -0.05) is 6.07 Å². The molecule has 2 rings (SSSR count). The molecule has 0 bridgehead atoms. The Kier molecular flexibility index (Phi) is 4.49. The maximum atomic E-state index is 11.6. The smallest absolute Gasteiger partial charge is 0.348 e. The molecule has 0 aliphatic heterocycles. The number of rotatable bonds is 4. The number of aromatic nitrogens is 1. The lowest BCUT2D eigenvalue weighted by atomic mass is 10.2. The summed E-state index contributed by atoms with van der Waals surface area (Å²) in [6.45, 7) is 5.80. The van der Waals surface area contributed by atoms with Crippen molar-refractivity contribution in [3.05, 3.63) is 40.2 Å². The van der Waals surface area contributed by atoms with Gasteiger partial charge in [-0.2, -0.15) is 0 Å². The van der Waals surface area contributed by atoms with E-state index in [1.54, 1.807) is 13.8 Å². The van der Waals surface area contributed by atoms with E-state index < -0.39 is 5.97 Å². The average molecular weight is 338 g/mol. The Balaban J connectivity index is 2.32. The number of carbonyl (C=O) groups excluding carboxylic acids is 1. The van der Waals surface area contributed by atoms with Gasteiger partial charge in [0.1, 0.15) is 16.0 Å². The maximum absolute atomic E-state index is 11.6. The average Bonchev–Trinajstić information content (AvgIpc) is 2.79. The van der Waals surface area contributed by atoms with E-state index in [4.69, 9.17) is 9.47 Å². The number of ether oxygens (including phenoxy) is 2. The van der Waals surface area contributed by atoms with Crippen LogP contribution >= 0.6 is 15.9 Å². The predicted octanol–water partition coefficient (Wildman–Crippen LogP) is 4.04. The van der Waals surface area contributed by atoms with Crippen LogP contribution in [0, 0.1) is 6.92 Å². The summed E-state index contributed by atoms with van der Waals surface area (Å²) in [5, 5.41) is 0.980. The predicted molar refractivity (Wildman–Crippen MR) is 81.9 cm³/mol. The summed E-state index contributed by atoms with van der Waals surface area (Å²) in [6, 6.07) is 7.76. The molecule has 0 aliphatic carbocycles. The number of aromatic amines is 1. The first kappa shape index (κ1) is 14.7. The van der Waals surface area contributed by atoms with E-state index in [1.807, 2.05) is 31.2 Å². The van der Waals surface area contributed by atoms with Gasteiger partial charge in [0.15, 0.2) is 0 Å². The fourth-order valence-electron chi connectivity index (χ4n) is 1.90. The number of H-pyrrole nitrogens is 1. The van der Waals surface area contributed by atoms with E-state index in [0.29, 0.717) is 22.6 Å². The van der Waals surface area contributed by atoms with Crippen LogP contribution in [-0.4, -0.2) is 17.6 Å². The molecule has 1 aromatic carbocycles. The molecule has 0 spiro atoms. The molecule has 0 atom stereocenters. The molecule has 0 unspecified atom stereocenters. The summed E-state index contributed by atoms with van der Waals surface area (Å²) in [4.78, 5) is 14.9. The maximum Gasteiger partial charge on any atom is 0.348 e. The monoisotopic (exact) mass is 337 g/mol. The standard InChI is InChI=1S/C15H16BrNO3/c1-4-19-15(18)14(16)10(3)20-13-7-5-6-12-11(13)8-9(2)17-12/h5-8,17H,4H2,1-3H3. The topological polar surface area (TPSA) is 51.3 Å². The molecule has 0 fully saturated rings. The summed E-state index contributed by atoms with van der Waals surface area (Å²) in [6.07, 6.45) is 0. The molecule has 0 amide bonds. The van der Waals surface area contributed by atoms with Crippen LogP contribution in [0.15, 0.2) is 34.5 Å². The number of hydrogen-bond acceptors (Lipinski definition) is 3. The molecule has 106 valence electrons. The van der Waals surface area contributed by atoms with Gasteiger partial charge >= 0.3 is 5.97 Å². The Morgan fingerprint density at radius 2 is 2.15 bits per heavy atom. The number of allylic oxidation sites excluding steroid dienone is 1. The summed E-state index contributed by atoms with van der Waals surface area (Å²) in [5.74, 6) is 0.739. The molecular weight excluding hydrogens is 322 g/mol. The Hall–Kier alpha value is -1.75. The highest BCUT2D eigenvalue weighted by atomic mass is 79.9. The number of carbonyl (C=O) groups is 1. The molecule has 0 saturated heterocycles. The lowest BCUT2D eigenvalue weighted by Crippen LogP contribution is -2.07. The van der Waals surface area contributed by atoms with Gasteiger partial charge in [0.2, 0.25) is 0 Å². The van der Waals surface area contributed by atoms with Gasteiger partial charge < -0.3 is 14.5 Å². The highest BCUT2D eigenvalue weighted by Gasteiger charge is 2.14. The van der Waals surface area contributed by atoms with Gasteiger partial charge in [-0.05, 0) is 54.9 Å². The Bertz CT molecular complexity index is 673. The van der Waals surface area contributed by atoms with Crippen LogP contribution in [0.5, 0.6) is 5.75 Å². The summed E-state index contributed by atoms with van der Waals surface area (Å²) in [7, 11) is 0. The second kappa shape index (κ2) is 6.13. The van der Waals surface area contributed by atoms with E-state index >= 15 is 0 Å². The Morgan fingerprint density at radius 1 is 1.40 bits per heavy atom. The molecule has 2 aromatic rings. The summed E-state index contributed by atoms with van der Waals surface area (Å²) < 4.78 is 11.0. The van der Waals surface area contributed by atoms with Gasteiger partial charge in [0.05, 0.1) is 6.61 Å². The molecular formula is C15H16BrNO3. The van der Waals surface area contributed by atoms with Gasteiger partial charge in [-0.25, -0.2) is 4.79 Å². The molecule has 4 nitrogen and oxygen atoms in total. The van der Waals surface area contributed by atoms with Crippen molar-refractivity contribution in [1.82, 2.24) is 4.98 Å². The lowest BCUT2D eigenvalue weighted by Gasteiger charge is -2.09. The largest absolute Gasteiger partial charge is 0.462 e. The third kappa shape index (κ3) is 3.04. The minimum Gasteiger partial charge on any atom is -0.462 e. The van der Waals surface area contributed by atoms with E-state index in [0.717, 1.165) is 16.6 Å². The number of nitrogens with one attached hydrogen (secondary N) is 1. The van der Waals surface area contributed by atoms with Crippen molar-refractivity contribution in [1.29, 1.82) is 0 Å². The van der Waals surface area contributed by atoms with Crippen LogP contribution < -0.4 is 4.74 Å². The molecule has 0 saturated carbocycles. The third-order valence-electron chi connectivity index (χ3n) is 2.79. The fourth-order valence-corrected chi connectivity index (χ4v) is 2.10. The lowest BCUT2D eigenvalue weighted by molar-refractivity contribution is -0.137. The van der Waals surface area contributed by atoms with Crippen molar-refractivity contribution in [3.8, 4) is 5.75 Å². The number of benzene rings is 1. The van der Waals surface area contributed by atoms with Crippen molar-refractivity contribution < 1.29 is 14.3 Å². The minimum atomic E-state index is -0.428. The van der Waals surface area contributed by atoms with Crippen LogP contribution in [0.3, 0.4) is 0 Å². The van der Waals surface area contributed by atoms with Crippen molar-refractivity contribution in [2.75, 3.05) is 6.61 Å². The molecule has 20 heavy (non-hydrogen) atoms. The fraction of sp³-hybridized carbons (Fsp3) is 0.267. The summed E-state index contributed by atoms with van der Waals surface area (Å²) >= 11 is 3.21. The zero-order valence-corrected chi connectivity index (χ0v) is 13.2. The van der Waals surface area contributed by atoms with Crippen LogP contribution in [0.2, 0.25) is 0 Å². The molecule has 5 heteroatoms. The molecule has 1 aromatic heterocycles. The highest BCUT2D eigenvalue weighted by molar-refractivity contribution is 9.12. The van der Waals surface area contributed by atoms with Gasteiger partial charge in [-0.15, -0.1) is 0 Å².